The molecule has 0 saturated carbocycles. The predicted molar refractivity (Wildman–Crippen MR) is 83.2 cm³/mol. The largest absolute Gasteiger partial charge is 0.393 e. The van der Waals surface area contributed by atoms with Gasteiger partial charge in [-0.2, -0.15) is 0 Å². The molecule has 0 amide bonds. The third-order valence-corrected chi connectivity index (χ3v) is 3.48. The zero-order valence-electron chi connectivity index (χ0n) is 13.0. The highest BCUT2D eigenvalue weighted by molar-refractivity contribution is 5.03. The van der Waals surface area contributed by atoms with Crippen molar-refractivity contribution in [3.8, 4) is 0 Å². The number of aliphatic hydroxyl groups is 2. The van der Waals surface area contributed by atoms with Crippen LogP contribution in [0, 0.1) is 0 Å². The number of rotatable bonds is 11. The van der Waals surface area contributed by atoms with E-state index in [-0.39, 0.29) is 12.7 Å². The summed E-state index contributed by atoms with van der Waals surface area (Å²) in [6, 6.07) is 0. The lowest BCUT2D eigenvalue weighted by Crippen LogP contribution is -2.06. The molecule has 0 aliphatic heterocycles. The van der Waals surface area contributed by atoms with Gasteiger partial charge in [-0.25, -0.2) is 0 Å². The summed E-state index contributed by atoms with van der Waals surface area (Å²) >= 11 is 0. The molecular formula is C17H32O2. The molecule has 0 spiro atoms. The van der Waals surface area contributed by atoms with Crippen molar-refractivity contribution in [3.63, 3.8) is 0 Å². The van der Waals surface area contributed by atoms with Crippen LogP contribution >= 0.6 is 0 Å². The molecule has 2 nitrogen and oxygen atoms in total. The van der Waals surface area contributed by atoms with E-state index in [1.54, 1.807) is 0 Å². The average Bonchev–Trinajstić information content (AvgIpc) is 2.37. The van der Waals surface area contributed by atoms with Gasteiger partial charge in [-0.05, 0) is 46.0 Å². The lowest BCUT2D eigenvalue weighted by atomic mass is 10.0. The van der Waals surface area contributed by atoms with Gasteiger partial charge >= 0.3 is 0 Å². The molecule has 1 unspecified atom stereocenters. The minimum absolute atomic E-state index is 0.133. The highest BCUT2D eigenvalue weighted by Crippen LogP contribution is 2.14. The Morgan fingerprint density at radius 2 is 1.68 bits per heavy atom. The van der Waals surface area contributed by atoms with Gasteiger partial charge in [-0.1, -0.05) is 49.5 Å². The van der Waals surface area contributed by atoms with Crippen molar-refractivity contribution in [2.45, 2.75) is 78.2 Å². The maximum absolute atomic E-state index is 9.84. The standard InChI is InChI=1S/C17H32O2/c1-4-5-6-10-17(19)12-11-15(2)8-7-9-16(3)13-14-18/h8,13,17-19H,4-7,9-12,14H2,1-3H3/b15-8+,16-13+. The van der Waals surface area contributed by atoms with Crippen molar-refractivity contribution in [1.82, 2.24) is 0 Å². The summed E-state index contributed by atoms with van der Waals surface area (Å²) in [7, 11) is 0. The Morgan fingerprint density at radius 1 is 1.00 bits per heavy atom. The van der Waals surface area contributed by atoms with Crippen LogP contribution in [-0.4, -0.2) is 22.9 Å². The van der Waals surface area contributed by atoms with E-state index in [9.17, 15) is 5.11 Å². The number of hydrogen-bond acceptors (Lipinski definition) is 2. The molecule has 0 heterocycles. The number of unbranched alkanes of at least 4 members (excludes halogenated alkanes) is 2. The summed E-state index contributed by atoms with van der Waals surface area (Å²) in [5, 5.41) is 18.6. The van der Waals surface area contributed by atoms with E-state index in [2.05, 4.69) is 26.8 Å². The fourth-order valence-electron chi connectivity index (χ4n) is 2.07. The van der Waals surface area contributed by atoms with E-state index in [1.165, 1.54) is 24.0 Å². The van der Waals surface area contributed by atoms with Gasteiger partial charge in [0, 0.05) is 0 Å². The number of allylic oxidation sites excluding steroid dienone is 3. The SMILES string of the molecule is CCCCCC(O)CC/C(C)=C/CC/C(C)=C/CO. The molecule has 1 atom stereocenters. The molecule has 0 fully saturated rings. The first kappa shape index (κ1) is 18.4. The Morgan fingerprint density at radius 3 is 2.32 bits per heavy atom. The van der Waals surface area contributed by atoms with E-state index >= 15 is 0 Å². The van der Waals surface area contributed by atoms with E-state index in [4.69, 9.17) is 5.11 Å². The van der Waals surface area contributed by atoms with Crippen LogP contribution in [0.25, 0.3) is 0 Å². The van der Waals surface area contributed by atoms with Gasteiger partial charge in [-0.15, -0.1) is 0 Å². The molecule has 0 rings (SSSR count). The van der Waals surface area contributed by atoms with E-state index in [0.29, 0.717) is 0 Å². The summed E-state index contributed by atoms with van der Waals surface area (Å²) < 4.78 is 0. The Bertz CT molecular complexity index is 266. The van der Waals surface area contributed by atoms with Crippen molar-refractivity contribution >= 4 is 0 Å². The molecule has 19 heavy (non-hydrogen) atoms. The molecule has 0 bridgehead atoms. The Kier molecular flexibility index (Phi) is 12.0. The first-order valence-electron chi connectivity index (χ1n) is 7.70. The molecule has 0 aromatic carbocycles. The minimum Gasteiger partial charge on any atom is -0.393 e. The molecule has 0 aromatic heterocycles. The zero-order valence-corrected chi connectivity index (χ0v) is 13.0. The second-order valence-electron chi connectivity index (χ2n) is 5.51. The summed E-state index contributed by atoms with van der Waals surface area (Å²) in [6.07, 6.45) is 12.4. The maximum Gasteiger partial charge on any atom is 0.0614 e. The molecular weight excluding hydrogens is 236 g/mol. The second-order valence-corrected chi connectivity index (χ2v) is 5.51. The summed E-state index contributed by atoms with van der Waals surface area (Å²) in [4.78, 5) is 0. The van der Waals surface area contributed by atoms with E-state index in [0.717, 1.165) is 38.5 Å². The van der Waals surface area contributed by atoms with Gasteiger partial charge in [0.05, 0.1) is 12.7 Å². The smallest absolute Gasteiger partial charge is 0.0614 e. The molecule has 0 aromatic rings. The van der Waals surface area contributed by atoms with Crippen LogP contribution in [0.3, 0.4) is 0 Å². The zero-order chi connectivity index (χ0) is 14.5. The molecule has 0 radical (unpaired) electrons. The topological polar surface area (TPSA) is 40.5 Å². The van der Waals surface area contributed by atoms with E-state index < -0.39 is 0 Å². The van der Waals surface area contributed by atoms with Crippen molar-refractivity contribution in [2.24, 2.45) is 0 Å². The summed E-state index contributed by atoms with van der Waals surface area (Å²) in [5.41, 5.74) is 2.61. The van der Waals surface area contributed by atoms with Gasteiger partial charge in [0.25, 0.3) is 0 Å². The fourth-order valence-corrected chi connectivity index (χ4v) is 2.07. The Hall–Kier alpha value is -0.600. The van der Waals surface area contributed by atoms with Crippen LogP contribution in [0.4, 0.5) is 0 Å². The summed E-state index contributed by atoms with van der Waals surface area (Å²) in [5.74, 6) is 0. The lowest BCUT2D eigenvalue weighted by molar-refractivity contribution is 0.151. The molecule has 2 heteroatoms. The van der Waals surface area contributed by atoms with Gasteiger partial charge in [0.2, 0.25) is 0 Å². The third-order valence-electron chi connectivity index (χ3n) is 3.48. The molecule has 0 saturated heterocycles. The summed E-state index contributed by atoms with van der Waals surface area (Å²) in [6.45, 7) is 6.52. The van der Waals surface area contributed by atoms with Crippen molar-refractivity contribution in [3.05, 3.63) is 23.3 Å². The fraction of sp³-hybridized carbons (Fsp3) is 0.765. The van der Waals surface area contributed by atoms with Crippen molar-refractivity contribution < 1.29 is 10.2 Å². The predicted octanol–water partition coefficient (Wildman–Crippen LogP) is 4.37. The number of aliphatic hydroxyl groups excluding tert-OH is 2. The first-order valence-corrected chi connectivity index (χ1v) is 7.70. The minimum atomic E-state index is -0.133. The average molecular weight is 268 g/mol. The maximum atomic E-state index is 9.84. The monoisotopic (exact) mass is 268 g/mol. The second kappa shape index (κ2) is 12.4. The van der Waals surface area contributed by atoms with Crippen molar-refractivity contribution in [2.75, 3.05) is 6.61 Å². The molecule has 0 aliphatic rings. The van der Waals surface area contributed by atoms with Crippen LogP contribution in [0.2, 0.25) is 0 Å². The van der Waals surface area contributed by atoms with E-state index in [1.807, 2.05) is 6.08 Å². The first-order chi connectivity index (χ1) is 9.10. The van der Waals surface area contributed by atoms with Crippen LogP contribution in [0.5, 0.6) is 0 Å². The number of hydrogen-bond donors (Lipinski definition) is 2. The van der Waals surface area contributed by atoms with Crippen LogP contribution in [-0.2, 0) is 0 Å². The normalized spacial score (nSPS) is 14.8. The molecule has 112 valence electrons. The third kappa shape index (κ3) is 12.2. The van der Waals surface area contributed by atoms with Gasteiger partial charge in [0.1, 0.15) is 0 Å². The Balaban J connectivity index is 3.72. The molecule has 0 aliphatic carbocycles. The van der Waals surface area contributed by atoms with Gasteiger partial charge < -0.3 is 10.2 Å². The van der Waals surface area contributed by atoms with Crippen LogP contribution in [0.1, 0.15) is 72.1 Å². The Labute approximate surface area is 119 Å². The lowest BCUT2D eigenvalue weighted by Gasteiger charge is -2.10. The van der Waals surface area contributed by atoms with Crippen LogP contribution < -0.4 is 0 Å². The van der Waals surface area contributed by atoms with Gasteiger partial charge in [-0.3, -0.25) is 0 Å². The van der Waals surface area contributed by atoms with Gasteiger partial charge in [0.15, 0.2) is 0 Å². The molecule has 2 N–H and O–H groups in total. The van der Waals surface area contributed by atoms with Crippen molar-refractivity contribution in [1.29, 1.82) is 0 Å². The quantitative estimate of drug-likeness (QED) is 0.431. The highest BCUT2D eigenvalue weighted by Gasteiger charge is 2.03. The van der Waals surface area contributed by atoms with Crippen LogP contribution in [0.15, 0.2) is 23.3 Å². The highest BCUT2D eigenvalue weighted by atomic mass is 16.3.